The number of esters is 1. The molecule has 0 bridgehead atoms. The van der Waals surface area contributed by atoms with Gasteiger partial charge in [-0.25, -0.2) is 4.79 Å². The van der Waals surface area contributed by atoms with Gasteiger partial charge in [0.1, 0.15) is 6.04 Å². The molecule has 0 aliphatic heterocycles. The zero-order valence-electron chi connectivity index (χ0n) is 16.0. The van der Waals surface area contributed by atoms with Crippen molar-refractivity contribution < 1.29 is 19.1 Å². The molecule has 3 aromatic rings. The lowest BCUT2D eigenvalue weighted by molar-refractivity contribution is -0.142. The second-order valence-corrected chi connectivity index (χ2v) is 6.51. The lowest BCUT2D eigenvalue weighted by Gasteiger charge is -2.17. The van der Waals surface area contributed by atoms with Gasteiger partial charge >= 0.3 is 5.97 Å². The van der Waals surface area contributed by atoms with Crippen LogP contribution in [-0.2, 0) is 16.0 Å². The molecule has 29 heavy (non-hydrogen) atoms. The Morgan fingerprint density at radius 1 is 0.759 bits per heavy atom. The minimum absolute atomic E-state index is 0.117. The van der Waals surface area contributed by atoms with Crippen LogP contribution in [0.3, 0.4) is 0 Å². The molecule has 0 saturated heterocycles. The predicted octanol–water partition coefficient (Wildman–Crippen LogP) is 3.43. The van der Waals surface area contributed by atoms with Crippen LogP contribution < -0.4 is 5.32 Å². The second-order valence-electron chi connectivity index (χ2n) is 6.51. The Kier molecular flexibility index (Phi) is 6.53. The third-order valence-corrected chi connectivity index (χ3v) is 4.52. The van der Waals surface area contributed by atoms with E-state index in [4.69, 9.17) is 4.74 Å². The highest BCUT2D eigenvalue weighted by molar-refractivity contribution is 6.09. The number of ether oxygens (including phenoxy) is 1. The molecule has 0 spiro atoms. The Hall–Kier alpha value is -3.73. The Balaban J connectivity index is 1.71. The molecule has 1 atom stereocenters. The van der Waals surface area contributed by atoms with E-state index in [0.717, 1.165) is 5.56 Å². The quantitative estimate of drug-likeness (QED) is 0.498. The number of carbonyl (C=O) groups is 3. The van der Waals surface area contributed by atoms with E-state index < -0.39 is 17.9 Å². The second kappa shape index (κ2) is 9.46. The van der Waals surface area contributed by atoms with Gasteiger partial charge in [0.2, 0.25) is 0 Å². The number of nitrogens with one attached hydrogen (secondary N) is 1. The molecule has 0 aromatic heterocycles. The zero-order chi connectivity index (χ0) is 20.6. The number of hydrogen-bond donors (Lipinski definition) is 1. The van der Waals surface area contributed by atoms with Crippen molar-refractivity contribution in [2.45, 2.75) is 12.5 Å². The molecule has 3 rings (SSSR count). The van der Waals surface area contributed by atoms with E-state index in [1.807, 2.05) is 36.4 Å². The normalized spacial score (nSPS) is 11.3. The number of methoxy groups -OCH3 is 1. The highest BCUT2D eigenvalue weighted by Crippen LogP contribution is 2.12. The van der Waals surface area contributed by atoms with Gasteiger partial charge < -0.3 is 10.1 Å². The summed E-state index contributed by atoms with van der Waals surface area (Å²) < 4.78 is 4.82. The number of amides is 1. The summed E-state index contributed by atoms with van der Waals surface area (Å²) in [6.45, 7) is 0. The Labute approximate surface area is 169 Å². The lowest BCUT2D eigenvalue weighted by atomic mass is 10.0. The molecule has 1 amide bonds. The SMILES string of the molecule is COC(=O)C(Cc1ccccc1)NC(=O)c1ccc(C(=O)c2ccccc2)cc1. The lowest BCUT2D eigenvalue weighted by Crippen LogP contribution is -2.43. The summed E-state index contributed by atoms with van der Waals surface area (Å²) in [7, 11) is 1.29. The third-order valence-electron chi connectivity index (χ3n) is 4.52. The maximum Gasteiger partial charge on any atom is 0.328 e. The van der Waals surface area contributed by atoms with E-state index in [9.17, 15) is 14.4 Å². The van der Waals surface area contributed by atoms with E-state index in [0.29, 0.717) is 23.1 Å². The fraction of sp³-hybridized carbons (Fsp3) is 0.125. The molecule has 1 N–H and O–H groups in total. The summed E-state index contributed by atoms with van der Waals surface area (Å²) in [4.78, 5) is 37.2. The average Bonchev–Trinajstić information content (AvgIpc) is 2.79. The number of ketones is 1. The predicted molar refractivity (Wildman–Crippen MR) is 110 cm³/mol. The summed E-state index contributed by atoms with van der Waals surface area (Å²) in [5.41, 5.74) is 2.34. The van der Waals surface area contributed by atoms with Crippen molar-refractivity contribution in [1.82, 2.24) is 5.32 Å². The smallest absolute Gasteiger partial charge is 0.328 e. The van der Waals surface area contributed by atoms with Crippen LogP contribution >= 0.6 is 0 Å². The van der Waals surface area contributed by atoms with Crippen LogP contribution in [0.15, 0.2) is 84.9 Å². The monoisotopic (exact) mass is 387 g/mol. The van der Waals surface area contributed by atoms with Crippen molar-refractivity contribution in [2.75, 3.05) is 7.11 Å². The van der Waals surface area contributed by atoms with Crippen molar-refractivity contribution >= 4 is 17.7 Å². The molecule has 0 aliphatic rings. The third kappa shape index (κ3) is 5.17. The van der Waals surface area contributed by atoms with Crippen molar-refractivity contribution in [3.8, 4) is 0 Å². The van der Waals surface area contributed by atoms with Crippen LogP contribution in [0.25, 0.3) is 0 Å². The van der Waals surface area contributed by atoms with Gasteiger partial charge in [0.15, 0.2) is 5.78 Å². The molecule has 146 valence electrons. The molecule has 0 aliphatic carbocycles. The molecule has 3 aromatic carbocycles. The van der Waals surface area contributed by atoms with Crippen LogP contribution in [0.5, 0.6) is 0 Å². The number of hydrogen-bond acceptors (Lipinski definition) is 4. The Morgan fingerprint density at radius 2 is 1.28 bits per heavy atom. The summed E-state index contributed by atoms with van der Waals surface area (Å²) >= 11 is 0. The first-order valence-corrected chi connectivity index (χ1v) is 9.21. The number of carbonyl (C=O) groups excluding carboxylic acids is 3. The van der Waals surface area contributed by atoms with Gasteiger partial charge in [0.05, 0.1) is 7.11 Å². The Bertz CT molecular complexity index is 982. The minimum Gasteiger partial charge on any atom is -0.467 e. The first kappa shape index (κ1) is 20.0. The molecule has 5 heteroatoms. The molecule has 0 saturated carbocycles. The van der Waals surface area contributed by atoms with Crippen LogP contribution in [-0.4, -0.2) is 30.8 Å². The van der Waals surface area contributed by atoms with Gasteiger partial charge in [-0.15, -0.1) is 0 Å². The topological polar surface area (TPSA) is 72.5 Å². The molecule has 0 radical (unpaired) electrons. The van der Waals surface area contributed by atoms with E-state index in [1.165, 1.54) is 7.11 Å². The molecule has 0 fully saturated rings. The first-order valence-electron chi connectivity index (χ1n) is 9.21. The number of benzene rings is 3. The minimum atomic E-state index is -0.805. The van der Waals surface area contributed by atoms with Crippen LogP contribution in [0.1, 0.15) is 31.8 Å². The van der Waals surface area contributed by atoms with Gasteiger partial charge in [-0.05, 0) is 17.7 Å². The Morgan fingerprint density at radius 3 is 1.86 bits per heavy atom. The first-order chi connectivity index (χ1) is 14.1. The van der Waals surface area contributed by atoms with Gasteiger partial charge in [-0.3, -0.25) is 9.59 Å². The maximum absolute atomic E-state index is 12.6. The van der Waals surface area contributed by atoms with Crippen LogP contribution in [0, 0.1) is 0 Å². The van der Waals surface area contributed by atoms with Crippen molar-refractivity contribution in [1.29, 1.82) is 0 Å². The summed E-state index contributed by atoms with van der Waals surface area (Å²) in [6, 6.07) is 23.9. The van der Waals surface area contributed by atoms with Crippen LogP contribution in [0.2, 0.25) is 0 Å². The van der Waals surface area contributed by atoms with E-state index in [-0.39, 0.29) is 5.78 Å². The highest BCUT2D eigenvalue weighted by Gasteiger charge is 2.22. The summed E-state index contributed by atoms with van der Waals surface area (Å²) in [6.07, 6.45) is 0.323. The fourth-order valence-electron chi connectivity index (χ4n) is 2.96. The van der Waals surface area contributed by atoms with Gasteiger partial charge in [-0.1, -0.05) is 72.8 Å². The van der Waals surface area contributed by atoms with Crippen molar-refractivity contribution in [3.63, 3.8) is 0 Å². The molecular formula is C24H21NO4. The molecular weight excluding hydrogens is 366 g/mol. The molecule has 5 nitrogen and oxygen atoms in total. The molecule has 1 unspecified atom stereocenters. The summed E-state index contributed by atoms with van der Waals surface area (Å²) in [5, 5.41) is 2.71. The zero-order valence-corrected chi connectivity index (χ0v) is 16.0. The van der Waals surface area contributed by atoms with E-state index in [1.54, 1.807) is 48.5 Å². The standard InChI is InChI=1S/C24H21NO4/c1-29-24(28)21(16-17-8-4-2-5-9-17)25-23(27)20-14-12-19(13-15-20)22(26)18-10-6-3-7-11-18/h2-15,21H,16H2,1H3,(H,25,27). The van der Waals surface area contributed by atoms with Gasteiger partial charge in [-0.2, -0.15) is 0 Å². The summed E-state index contributed by atoms with van der Waals surface area (Å²) in [5.74, 6) is -1.04. The molecule has 0 heterocycles. The van der Waals surface area contributed by atoms with Gasteiger partial charge in [0.25, 0.3) is 5.91 Å². The van der Waals surface area contributed by atoms with E-state index in [2.05, 4.69) is 5.32 Å². The van der Waals surface area contributed by atoms with Crippen molar-refractivity contribution in [3.05, 3.63) is 107 Å². The van der Waals surface area contributed by atoms with E-state index >= 15 is 0 Å². The van der Waals surface area contributed by atoms with Crippen molar-refractivity contribution in [2.24, 2.45) is 0 Å². The number of rotatable bonds is 7. The van der Waals surface area contributed by atoms with Crippen LogP contribution in [0.4, 0.5) is 0 Å². The highest BCUT2D eigenvalue weighted by atomic mass is 16.5. The fourth-order valence-corrected chi connectivity index (χ4v) is 2.96. The van der Waals surface area contributed by atoms with Gasteiger partial charge in [0, 0.05) is 23.1 Å². The average molecular weight is 387 g/mol. The maximum atomic E-state index is 12.6. The largest absolute Gasteiger partial charge is 0.467 e.